The van der Waals surface area contributed by atoms with Crippen LogP contribution in [0.4, 0.5) is 4.79 Å². The molecule has 4 amide bonds. The van der Waals surface area contributed by atoms with Gasteiger partial charge in [0.25, 0.3) is 5.91 Å². The lowest BCUT2D eigenvalue weighted by Crippen LogP contribution is -2.59. The Hall–Kier alpha value is -3.96. The van der Waals surface area contributed by atoms with Crippen LogP contribution in [-0.2, 0) is 35.3 Å². The lowest BCUT2D eigenvalue weighted by Gasteiger charge is -2.28. The number of hydrogen-bond acceptors (Lipinski definition) is 7. The molecule has 0 saturated heterocycles. The summed E-state index contributed by atoms with van der Waals surface area (Å²) >= 11 is 0. The molecule has 0 aromatic heterocycles. The smallest absolute Gasteiger partial charge is 0.407 e. The minimum Gasteiger partial charge on any atom is -0.480 e. The molecule has 0 bridgehead atoms. The Balaban J connectivity index is 2.54. The van der Waals surface area contributed by atoms with Crippen molar-refractivity contribution in [2.75, 3.05) is 6.54 Å². The van der Waals surface area contributed by atoms with E-state index < -0.39 is 59.1 Å². The lowest BCUT2D eigenvalue weighted by atomic mass is 9.96. The summed E-state index contributed by atoms with van der Waals surface area (Å²) < 4.78 is 5.03. The van der Waals surface area contributed by atoms with Crippen LogP contribution in [0.5, 0.6) is 0 Å². The predicted molar refractivity (Wildman–Crippen MR) is 133 cm³/mol. The predicted octanol–water partition coefficient (Wildman–Crippen LogP) is 0.887. The van der Waals surface area contributed by atoms with Gasteiger partial charge < -0.3 is 31.1 Å². The van der Waals surface area contributed by atoms with Crippen molar-refractivity contribution in [2.24, 2.45) is 5.92 Å². The number of rotatable bonds is 14. The standard InChI is InChI=1S/C25H36N4O8/c1-6-15(2)19(21(32)29-25(4,5)23(34)35)28-22(33)20(31)16(3)27-18(30)12-13-26-24(36)37-14-17-10-8-7-9-11-17/h7-11,15-16,19H,6,12-14H2,1-5H3,(H,26,36)(H,27,30)(H,28,33)(H,29,32)(H,34,35). The second-order valence-electron chi connectivity index (χ2n) is 9.15. The molecule has 204 valence electrons. The Labute approximate surface area is 215 Å². The maximum absolute atomic E-state index is 12.7. The van der Waals surface area contributed by atoms with Gasteiger partial charge in [0.15, 0.2) is 0 Å². The molecule has 12 nitrogen and oxygen atoms in total. The third-order valence-corrected chi connectivity index (χ3v) is 5.58. The van der Waals surface area contributed by atoms with E-state index in [0.29, 0.717) is 6.42 Å². The highest BCUT2D eigenvalue weighted by Gasteiger charge is 2.35. The maximum atomic E-state index is 12.7. The number of carboxylic acids is 1. The molecule has 12 heteroatoms. The van der Waals surface area contributed by atoms with Gasteiger partial charge >= 0.3 is 12.1 Å². The molecule has 37 heavy (non-hydrogen) atoms. The van der Waals surface area contributed by atoms with E-state index in [2.05, 4.69) is 21.3 Å². The Morgan fingerprint density at radius 3 is 2.19 bits per heavy atom. The average Bonchev–Trinajstić information content (AvgIpc) is 2.84. The summed E-state index contributed by atoms with van der Waals surface area (Å²) in [6.07, 6.45) is -0.407. The van der Waals surface area contributed by atoms with Crippen molar-refractivity contribution in [3.63, 3.8) is 0 Å². The number of carbonyl (C=O) groups excluding carboxylic acids is 5. The molecule has 1 rings (SSSR count). The third-order valence-electron chi connectivity index (χ3n) is 5.58. The van der Waals surface area contributed by atoms with Crippen molar-refractivity contribution in [1.82, 2.24) is 21.3 Å². The fourth-order valence-electron chi connectivity index (χ4n) is 2.98. The summed E-state index contributed by atoms with van der Waals surface area (Å²) in [5, 5.41) is 18.7. The van der Waals surface area contributed by atoms with Crippen LogP contribution in [0.25, 0.3) is 0 Å². The third kappa shape index (κ3) is 10.7. The quantitative estimate of drug-likeness (QED) is 0.224. The van der Waals surface area contributed by atoms with Gasteiger partial charge in [0.05, 0.1) is 6.04 Å². The van der Waals surface area contributed by atoms with Gasteiger partial charge in [0.2, 0.25) is 17.6 Å². The molecule has 0 saturated carbocycles. The van der Waals surface area contributed by atoms with E-state index in [1.165, 1.54) is 20.8 Å². The molecule has 1 aromatic rings. The van der Waals surface area contributed by atoms with Crippen LogP contribution < -0.4 is 21.3 Å². The number of ether oxygens (including phenoxy) is 1. The van der Waals surface area contributed by atoms with E-state index in [4.69, 9.17) is 4.74 Å². The molecule has 0 radical (unpaired) electrons. The summed E-state index contributed by atoms with van der Waals surface area (Å²) in [6, 6.07) is 6.68. The Bertz CT molecular complexity index is 980. The molecule has 0 spiro atoms. The fourth-order valence-corrected chi connectivity index (χ4v) is 2.98. The van der Waals surface area contributed by atoms with Crippen LogP contribution >= 0.6 is 0 Å². The summed E-state index contributed by atoms with van der Waals surface area (Å²) in [5.74, 6) is -5.08. The summed E-state index contributed by atoms with van der Waals surface area (Å²) in [6.45, 7) is 7.37. The number of alkyl carbamates (subject to hydrolysis) is 1. The molecule has 0 aliphatic heterocycles. The molecule has 0 aliphatic carbocycles. The number of amides is 4. The monoisotopic (exact) mass is 520 g/mol. The van der Waals surface area contributed by atoms with Crippen LogP contribution in [0.15, 0.2) is 30.3 Å². The molecule has 3 unspecified atom stereocenters. The average molecular weight is 521 g/mol. The highest BCUT2D eigenvalue weighted by atomic mass is 16.5. The zero-order valence-electron chi connectivity index (χ0n) is 21.8. The normalized spacial score (nSPS) is 13.3. The van der Waals surface area contributed by atoms with Gasteiger partial charge in [0.1, 0.15) is 18.2 Å². The zero-order chi connectivity index (χ0) is 28.2. The van der Waals surface area contributed by atoms with Crippen molar-refractivity contribution in [2.45, 2.75) is 71.7 Å². The van der Waals surface area contributed by atoms with E-state index in [9.17, 15) is 33.9 Å². The first-order chi connectivity index (χ1) is 17.3. The van der Waals surface area contributed by atoms with E-state index in [0.717, 1.165) is 5.56 Å². The van der Waals surface area contributed by atoms with Crippen LogP contribution in [0, 0.1) is 5.92 Å². The largest absolute Gasteiger partial charge is 0.480 e. The number of ketones is 1. The first kappa shape index (κ1) is 31.1. The van der Waals surface area contributed by atoms with Crippen LogP contribution in [-0.4, -0.2) is 64.8 Å². The number of carboxylic acid groups (broad SMARTS) is 1. The summed E-state index contributed by atoms with van der Waals surface area (Å²) in [4.78, 5) is 72.9. The Kier molecular flexibility index (Phi) is 12.2. The van der Waals surface area contributed by atoms with Gasteiger partial charge in [-0.05, 0) is 32.3 Å². The van der Waals surface area contributed by atoms with Crippen LogP contribution in [0.1, 0.15) is 53.0 Å². The highest BCUT2D eigenvalue weighted by Crippen LogP contribution is 2.11. The van der Waals surface area contributed by atoms with Crippen molar-refractivity contribution >= 4 is 35.6 Å². The lowest BCUT2D eigenvalue weighted by molar-refractivity contribution is -0.147. The van der Waals surface area contributed by atoms with Gasteiger partial charge in [-0.3, -0.25) is 19.2 Å². The van der Waals surface area contributed by atoms with Crippen LogP contribution in [0.2, 0.25) is 0 Å². The molecule has 3 atom stereocenters. The van der Waals surface area contributed by atoms with Gasteiger partial charge in [-0.25, -0.2) is 9.59 Å². The highest BCUT2D eigenvalue weighted by molar-refractivity contribution is 6.38. The maximum Gasteiger partial charge on any atom is 0.407 e. The van der Waals surface area contributed by atoms with Crippen molar-refractivity contribution in [1.29, 1.82) is 0 Å². The molecular formula is C25H36N4O8. The van der Waals surface area contributed by atoms with Gasteiger partial charge in [-0.15, -0.1) is 0 Å². The second-order valence-corrected chi connectivity index (χ2v) is 9.15. The fraction of sp³-hybridized carbons (Fsp3) is 0.520. The number of Topliss-reactive ketones (excluding diaryl/α,β-unsaturated/α-hetero) is 1. The molecular weight excluding hydrogens is 484 g/mol. The minimum absolute atomic E-state index is 0.0534. The number of hydrogen-bond donors (Lipinski definition) is 5. The molecule has 0 aliphatic rings. The second kappa shape index (κ2) is 14.6. The first-order valence-corrected chi connectivity index (χ1v) is 11.9. The Morgan fingerprint density at radius 2 is 1.62 bits per heavy atom. The van der Waals surface area contributed by atoms with Crippen molar-refractivity contribution in [3.05, 3.63) is 35.9 Å². The number of benzene rings is 1. The summed E-state index contributed by atoms with van der Waals surface area (Å²) in [7, 11) is 0. The van der Waals surface area contributed by atoms with E-state index in [1.54, 1.807) is 26.0 Å². The summed E-state index contributed by atoms with van der Waals surface area (Å²) in [5.41, 5.74) is -0.777. The van der Waals surface area contributed by atoms with Crippen molar-refractivity contribution in [3.8, 4) is 0 Å². The molecule has 5 N–H and O–H groups in total. The van der Waals surface area contributed by atoms with Crippen LogP contribution in [0.3, 0.4) is 0 Å². The van der Waals surface area contributed by atoms with Gasteiger partial charge in [0, 0.05) is 13.0 Å². The van der Waals surface area contributed by atoms with E-state index >= 15 is 0 Å². The molecule has 0 fully saturated rings. The molecule has 0 heterocycles. The topological polar surface area (TPSA) is 180 Å². The molecule has 1 aromatic carbocycles. The minimum atomic E-state index is -1.58. The van der Waals surface area contributed by atoms with E-state index in [-0.39, 0.29) is 19.6 Å². The number of nitrogens with one attached hydrogen (secondary N) is 4. The van der Waals surface area contributed by atoms with Gasteiger partial charge in [-0.1, -0.05) is 50.6 Å². The van der Waals surface area contributed by atoms with E-state index in [1.807, 2.05) is 18.2 Å². The van der Waals surface area contributed by atoms with Gasteiger partial charge in [-0.2, -0.15) is 0 Å². The number of carbonyl (C=O) groups is 6. The Morgan fingerprint density at radius 1 is 1.00 bits per heavy atom. The van der Waals surface area contributed by atoms with Crippen molar-refractivity contribution < 1.29 is 38.6 Å². The zero-order valence-corrected chi connectivity index (χ0v) is 21.8. The number of aliphatic carboxylic acids is 1. The first-order valence-electron chi connectivity index (χ1n) is 11.9. The SMILES string of the molecule is CCC(C)C(NC(=O)C(=O)C(C)NC(=O)CCNC(=O)OCc1ccccc1)C(=O)NC(C)(C)C(=O)O.